The van der Waals surface area contributed by atoms with E-state index in [-0.39, 0.29) is 6.10 Å². The van der Waals surface area contributed by atoms with Gasteiger partial charge in [-0.3, -0.25) is 0 Å². The first-order valence-corrected chi connectivity index (χ1v) is 3.85. The number of hydrogen-bond acceptors (Lipinski definition) is 4. The van der Waals surface area contributed by atoms with Crippen LogP contribution in [0.2, 0.25) is 0 Å². The third-order valence-corrected chi connectivity index (χ3v) is 1.57. The van der Waals surface area contributed by atoms with Gasteiger partial charge in [-0.15, -0.1) is 0 Å². The third kappa shape index (κ3) is 9.90. The molecule has 1 fully saturated rings. The summed E-state index contributed by atoms with van der Waals surface area (Å²) in [6.07, 6.45) is 5.92. The summed E-state index contributed by atoms with van der Waals surface area (Å²) in [6.45, 7) is 0. The SMILES string of the molecule is OB(O)O.OC1CCCCC1. The van der Waals surface area contributed by atoms with Crippen LogP contribution in [0.5, 0.6) is 0 Å². The van der Waals surface area contributed by atoms with Crippen molar-refractivity contribution in [2.45, 2.75) is 38.2 Å². The minimum Gasteiger partial charge on any atom is -0.402 e. The van der Waals surface area contributed by atoms with Crippen LogP contribution in [0.4, 0.5) is 0 Å². The lowest BCUT2D eigenvalue weighted by atomic mass is 9.98. The van der Waals surface area contributed by atoms with Gasteiger partial charge in [-0.1, -0.05) is 19.3 Å². The van der Waals surface area contributed by atoms with Crippen LogP contribution in [0, 0.1) is 0 Å². The molecule has 4 N–H and O–H groups in total. The van der Waals surface area contributed by atoms with E-state index in [9.17, 15) is 0 Å². The molecule has 0 radical (unpaired) electrons. The van der Waals surface area contributed by atoms with Crippen LogP contribution in [-0.2, 0) is 0 Å². The average molecular weight is 162 g/mol. The van der Waals surface area contributed by atoms with Crippen LogP contribution >= 0.6 is 0 Å². The monoisotopic (exact) mass is 162 g/mol. The Morgan fingerprint density at radius 1 is 0.909 bits per heavy atom. The smallest absolute Gasteiger partial charge is 0.402 e. The molecule has 1 aliphatic rings. The highest BCUT2D eigenvalue weighted by Crippen LogP contribution is 2.16. The summed E-state index contributed by atoms with van der Waals surface area (Å²) in [5.74, 6) is 0. The van der Waals surface area contributed by atoms with E-state index in [0.717, 1.165) is 12.8 Å². The fraction of sp³-hybridized carbons (Fsp3) is 1.00. The molecule has 0 aromatic carbocycles. The molecular formula is C6H15BO4. The lowest BCUT2D eigenvalue weighted by Gasteiger charge is -2.14. The van der Waals surface area contributed by atoms with Crippen LogP contribution in [0.25, 0.3) is 0 Å². The van der Waals surface area contributed by atoms with Gasteiger partial charge < -0.3 is 20.2 Å². The molecule has 0 atom stereocenters. The summed E-state index contributed by atoms with van der Waals surface area (Å²) in [4.78, 5) is 0. The summed E-state index contributed by atoms with van der Waals surface area (Å²) in [5.41, 5.74) is 0. The fourth-order valence-electron chi connectivity index (χ4n) is 1.08. The number of aliphatic hydroxyl groups is 1. The van der Waals surface area contributed by atoms with E-state index in [0.29, 0.717) is 0 Å². The van der Waals surface area contributed by atoms with Crippen molar-refractivity contribution < 1.29 is 20.2 Å². The Morgan fingerprint density at radius 2 is 1.27 bits per heavy atom. The summed E-state index contributed by atoms with van der Waals surface area (Å²) < 4.78 is 0. The molecule has 0 saturated heterocycles. The summed E-state index contributed by atoms with van der Waals surface area (Å²) in [5, 5.41) is 30.4. The number of hydrogen-bond donors (Lipinski definition) is 4. The summed E-state index contributed by atoms with van der Waals surface area (Å²) in [7, 11) is -2.17. The lowest BCUT2D eigenvalue weighted by molar-refractivity contribution is 0.130. The zero-order valence-corrected chi connectivity index (χ0v) is 6.48. The van der Waals surface area contributed by atoms with Gasteiger partial charge in [0.1, 0.15) is 0 Å². The first-order valence-electron chi connectivity index (χ1n) is 3.85. The highest BCUT2D eigenvalue weighted by Gasteiger charge is 2.07. The molecule has 0 aromatic rings. The molecule has 0 aromatic heterocycles. The van der Waals surface area contributed by atoms with E-state index >= 15 is 0 Å². The Morgan fingerprint density at radius 3 is 1.45 bits per heavy atom. The van der Waals surface area contributed by atoms with Crippen molar-refractivity contribution in [2.75, 3.05) is 0 Å². The van der Waals surface area contributed by atoms with Gasteiger partial charge in [-0.2, -0.15) is 0 Å². The minimum absolute atomic E-state index is 0.0359. The second-order valence-electron chi connectivity index (χ2n) is 2.64. The molecule has 11 heavy (non-hydrogen) atoms. The quantitative estimate of drug-likeness (QED) is 0.353. The molecule has 0 bridgehead atoms. The van der Waals surface area contributed by atoms with Gasteiger partial charge >= 0.3 is 7.32 Å². The van der Waals surface area contributed by atoms with E-state index in [2.05, 4.69) is 0 Å². The van der Waals surface area contributed by atoms with Crippen molar-refractivity contribution in [3.8, 4) is 0 Å². The Balaban J connectivity index is 0.000000218. The Hall–Kier alpha value is -0.0951. The molecule has 4 nitrogen and oxygen atoms in total. The molecule has 1 rings (SSSR count). The molecule has 0 unspecified atom stereocenters. The third-order valence-electron chi connectivity index (χ3n) is 1.57. The molecule has 5 heteroatoms. The normalized spacial score (nSPS) is 18.5. The predicted octanol–water partition coefficient (Wildman–Crippen LogP) is -0.740. The molecule has 1 aliphatic carbocycles. The first kappa shape index (κ1) is 10.9. The molecule has 0 heterocycles. The topological polar surface area (TPSA) is 80.9 Å². The highest BCUT2D eigenvalue weighted by atomic mass is 16.5. The largest absolute Gasteiger partial charge is 0.631 e. The van der Waals surface area contributed by atoms with Gasteiger partial charge in [-0.05, 0) is 12.8 Å². The van der Waals surface area contributed by atoms with Gasteiger partial charge in [0.05, 0.1) is 6.10 Å². The van der Waals surface area contributed by atoms with Crippen LogP contribution in [0.15, 0.2) is 0 Å². The Labute approximate surface area is 66.7 Å². The average Bonchev–Trinajstić information content (AvgIpc) is 1.87. The second kappa shape index (κ2) is 6.60. The van der Waals surface area contributed by atoms with Crippen molar-refractivity contribution in [1.82, 2.24) is 0 Å². The summed E-state index contributed by atoms with van der Waals surface area (Å²) in [6, 6.07) is 0. The van der Waals surface area contributed by atoms with Gasteiger partial charge in [-0.25, -0.2) is 0 Å². The van der Waals surface area contributed by atoms with E-state index < -0.39 is 7.32 Å². The van der Waals surface area contributed by atoms with Gasteiger partial charge in [0.2, 0.25) is 0 Å². The summed E-state index contributed by atoms with van der Waals surface area (Å²) >= 11 is 0. The van der Waals surface area contributed by atoms with E-state index in [1.165, 1.54) is 19.3 Å². The predicted molar refractivity (Wildman–Crippen MR) is 41.5 cm³/mol. The maximum atomic E-state index is 8.91. The second-order valence-corrected chi connectivity index (χ2v) is 2.64. The van der Waals surface area contributed by atoms with Crippen molar-refractivity contribution in [3.63, 3.8) is 0 Å². The van der Waals surface area contributed by atoms with Crippen LogP contribution in [0.1, 0.15) is 32.1 Å². The molecule has 0 aliphatic heterocycles. The van der Waals surface area contributed by atoms with Crippen molar-refractivity contribution in [3.05, 3.63) is 0 Å². The lowest BCUT2D eigenvalue weighted by Crippen LogP contribution is -2.09. The number of aliphatic hydroxyl groups excluding tert-OH is 1. The Bertz CT molecular complexity index is 79.9. The zero-order valence-electron chi connectivity index (χ0n) is 6.48. The fourth-order valence-corrected chi connectivity index (χ4v) is 1.08. The first-order chi connectivity index (χ1) is 5.13. The zero-order chi connectivity index (χ0) is 8.69. The van der Waals surface area contributed by atoms with Crippen molar-refractivity contribution in [1.29, 1.82) is 0 Å². The van der Waals surface area contributed by atoms with Crippen molar-refractivity contribution in [2.24, 2.45) is 0 Å². The van der Waals surface area contributed by atoms with Gasteiger partial charge in [0.15, 0.2) is 0 Å². The van der Waals surface area contributed by atoms with Crippen LogP contribution < -0.4 is 0 Å². The van der Waals surface area contributed by atoms with E-state index in [4.69, 9.17) is 20.2 Å². The highest BCUT2D eigenvalue weighted by molar-refractivity contribution is 6.30. The van der Waals surface area contributed by atoms with E-state index in [1.54, 1.807) is 0 Å². The molecular weight excluding hydrogens is 147 g/mol. The number of rotatable bonds is 0. The maximum Gasteiger partial charge on any atom is 0.631 e. The minimum atomic E-state index is -2.17. The molecule has 0 amide bonds. The molecule has 1 saturated carbocycles. The Kier molecular flexibility index (Phi) is 6.55. The van der Waals surface area contributed by atoms with Crippen LogP contribution in [0.3, 0.4) is 0 Å². The maximum absolute atomic E-state index is 8.91. The van der Waals surface area contributed by atoms with Crippen molar-refractivity contribution >= 4 is 7.32 Å². The molecule has 66 valence electrons. The van der Waals surface area contributed by atoms with Crippen LogP contribution in [-0.4, -0.2) is 33.6 Å². The molecule has 0 spiro atoms. The van der Waals surface area contributed by atoms with E-state index in [1.807, 2.05) is 0 Å². The van der Waals surface area contributed by atoms with Gasteiger partial charge in [0, 0.05) is 0 Å². The van der Waals surface area contributed by atoms with Gasteiger partial charge in [0.25, 0.3) is 0 Å². The standard InChI is InChI=1S/C6H12O.BH3O3/c7-6-4-2-1-3-5-6;2-1(3)4/h6-7H,1-5H2;2-4H.